The van der Waals surface area contributed by atoms with Crippen LogP contribution in [0.1, 0.15) is 70.2 Å². The second-order valence-electron chi connectivity index (χ2n) is 6.16. The van der Waals surface area contributed by atoms with Crippen LogP contribution in [0.15, 0.2) is 10.6 Å². The van der Waals surface area contributed by atoms with Crippen LogP contribution in [0.25, 0.3) is 0 Å². The quantitative estimate of drug-likeness (QED) is 0.871. The lowest BCUT2D eigenvalue weighted by molar-refractivity contribution is 0.316. The Labute approximate surface area is 104 Å². The Kier molecular flexibility index (Phi) is 3.87. The molecule has 1 aliphatic rings. The molecule has 0 amide bonds. The van der Waals surface area contributed by atoms with Gasteiger partial charge in [-0.2, -0.15) is 0 Å². The van der Waals surface area contributed by atoms with Crippen LogP contribution in [0.2, 0.25) is 0 Å². The van der Waals surface area contributed by atoms with Crippen molar-refractivity contribution in [2.75, 3.05) is 0 Å². The first kappa shape index (κ1) is 12.6. The van der Waals surface area contributed by atoms with E-state index in [2.05, 4.69) is 37.3 Å². The minimum absolute atomic E-state index is 0.129. The number of hydrogen-bond donors (Lipinski definition) is 1. The molecule has 0 saturated heterocycles. The molecule has 0 unspecified atom stereocenters. The van der Waals surface area contributed by atoms with E-state index in [-0.39, 0.29) is 5.54 Å². The summed E-state index contributed by atoms with van der Waals surface area (Å²) in [4.78, 5) is 0. The molecule has 0 atom stereocenters. The SMILES string of the molecule is CC(C)(C)NCc1cc(C2CCCCC2)on1. The molecule has 3 nitrogen and oxygen atoms in total. The average molecular weight is 236 g/mol. The van der Waals surface area contributed by atoms with Gasteiger partial charge in [-0.15, -0.1) is 0 Å². The van der Waals surface area contributed by atoms with Crippen molar-refractivity contribution in [2.24, 2.45) is 0 Å². The first-order chi connectivity index (χ1) is 8.04. The van der Waals surface area contributed by atoms with Crippen LogP contribution < -0.4 is 5.32 Å². The van der Waals surface area contributed by atoms with Crippen LogP contribution in [0.3, 0.4) is 0 Å². The molecule has 96 valence electrons. The highest BCUT2D eigenvalue weighted by molar-refractivity contribution is 5.10. The highest BCUT2D eigenvalue weighted by Gasteiger charge is 2.20. The highest BCUT2D eigenvalue weighted by atomic mass is 16.5. The monoisotopic (exact) mass is 236 g/mol. The van der Waals surface area contributed by atoms with Gasteiger partial charge in [0.05, 0.1) is 5.69 Å². The van der Waals surface area contributed by atoms with Gasteiger partial charge in [0, 0.05) is 24.1 Å². The fourth-order valence-electron chi connectivity index (χ4n) is 2.35. The Balaban J connectivity index is 1.91. The van der Waals surface area contributed by atoms with Gasteiger partial charge in [-0.1, -0.05) is 24.4 Å². The van der Waals surface area contributed by atoms with E-state index in [1.54, 1.807) is 0 Å². The molecule has 17 heavy (non-hydrogen) atoms. The van der Waals surface area contributed by atoms with Crippen molar-refractivity contribution in [2.45, 2.75) is 70.9 Å². The topological polar surface area (TPSA) is 38.1 Å². The van der Waals surface area contributed by atoms with Crippen molar-refractivity contribution < 1.29 is 4.52 Å². The predicted molar refractivity (Wildman–Crippen MR) is 68.9 cm³/mol. The maximum Gasteiger partial charge on any atom is 0.140 e. The summed E-state index contributed by atoms with van der Waals surface area (Å²) in [5, 5.41) is 7.59. The third kappa shape index (κ3) is 3.84. The van der Waals surface area contributed by atoms with Crippen molar-refractivity contribution in [3.05, 3.63) is 17.5 Å². The van der Waals surface area contributed by atoms with Crippen molar-refractivity contribution in [3.63, 3.8) is 0 Å². The maximum absolute atomic E-state index is 5.48. The smallest absolute Gasteiger partial charge is 0.140 e. The Morgan fingerprint density at radius 3 is 2.65 bits per heavy atom. The van der Waals surface area contributed by atoms with Crippen LogP contribution in [0, 0.1) is 0 Å². The summed E-state index contributed by atoms with van der Waals surface area (Å²) in [6.45, 7) is 7.28. The zero-order chi connectivity index (χ0) is 12.3. The van der Waals surface area contributed by atoms with E-state index in [0.717, 1.165) is 18.0 Å². The number of hydrogen-bond acceptors (Lipinski definition) is 3. The number of rotatable bonds is 3. The maximum atomic E-state index is 5.48. The van der Waals surface area contributed by atoms with Gasteiger partial charge in [0.2, 0.25) is 0 Å². The van der Waals surface area contributed by atoms with E-state index in [4.69, 9.17) is 4.52 Å². The summed E-state index contributed by atoms with van der Waals surface area (Å²) in [7, 11) is 0. The molecule has 1 fully saturated rings. The molecule has 0 spiro atoms. The van der Waals surface area contributed by atoms with E-state index >= 15 is 0 Å². The lowest BCUT2D eigenvalue weighted by Crippen LogP contribution is -2.35. The first-order valence-corrected chi connectivity index (χ1v) is 6.75. The third-order valence-electron chi connectivity index (χ3n) is 3.38. The van der Waals surface area contributed by atoms with Crippen molar-refractivity contribution >= 4 is 0 Å². The molecule has 3 heteroatoms. The lowest BCUT2D eigenvalue weighted by atomic mass is 9.87. The molecule has 1 aromatic heterocycles. The lowest BCUT2D eigenvalue weighted by Gasteiger charge is -2.19. The van der Waals surface area contributed by atoms with Crippen LogP contribution in [-0.2, 0) is 6.54 Å². The number of nitrogens with zero attached hydrogens (tertiary/aromatic N) is 1. The van der Waals surface area contributed by atoms with Gasteiger partial charge >= 0.3 is 0 Å². The van der Waals surface area contributed by atoms with E-state index in [1.807, 2.05) is 0 Å². The van der Waals surface area contributed by atoms with E-state index in [0.29, 0.717) is 5.92 Å². The molecular formula is C14H24N2O. The molecule has 0 aliphatic heterocycles. The summed E-state index contributed by atoms with van der Waals surface area (Å²) >= 11 is 0. The fourth-order valence-corrected chi connectivity index (χ4v) is 2.35. The summed E-state index contributed by atoms with van der Waals surface area (Å²) in [5.74, 6) is 1.70. The van der Waals surface area contributed by atoms with Crippen LogP contribution in [0.4, 0.5) is 0 Å². The summed E-state index contributed by atoms with van der Waals surface area (Å²) in [6, 6.07) is 2.13. The van der Waals surface area contributed by atoms with Crippen LogP contribution in [-0.4, -0.2) is 10.7 Å². The molecule has 0 aromatic carbocycles. The van der Waals surface area contributed by atoms with Gasteiger partial charge in [0.1, 0.15) is 5.76 Å². The Morgan fingerprint density at radius 2 is 2.00 bits per heavy atom. The molecule has 1 aromatic rings. The fraction of sp³-hybridized carbons (Fsp3) is 0.786. The average Bonchev–Trinajstić information content (AvgIpc) is 2.75. The molecule has 0 radical (unpaired) electrons. The van der Waals surface area contributed by atoms with Crippen molar-refractivity contribution in [3.8, 4) is 0 Å². The normalized spacial score (nSPS) is 18.5. The van der Waals surface area contributed by atoms with Gasteiger partial charge < -0.3 is 9.84 Å². The van der Waals surface area contributed by atoms with E-state index < -0.39 is 0 Å². The van der Waals surface area contributed by atoms with Gasteiger partial charge in [0.25, 0.3) is 0 Å². The second kappa shape index (κ2) is 5.21. The first-order valence-electron chi connectivity index (χ1n) is 6.75. The van der Waals surface area contributed by atoms with Crippen LogP contribution in [0.5, 0.6) is 0 Å². The number of aromatic nitrogens is 1. The van der Waals surface area contributed by atoms with Crippen molar-refractivity contribution in [1.29, 1.82) is 0 Å². The molecule has 1 saturated carbocycles. The minimum Gasteiger partial charge on any atom is -0.361 e. The molecule has 1 heterocycles. The molecule has 2 rings (SSSR count). The predicted octanol–water partition coefficient (Wildman–Crippen LogP) is 3.61. The standard InChI is InChI=1S/C14H24N2O/c1-14(2,3)15-10-12-9-13(17-16-12)11-7-5-4-6-8-11/h9,11,15H,4-8,10H2,1-3H3. The van der Waals surface area contributed by atoms with E-state index in [1.165, 1.54) is 32.1 Å². The zero-order valence-corrected chi connectivity index (χ0v) is 11.3. The summed E-state index contributed by atoms with van der Waals surface area (Å²) in [6.07, 6.45) is 6.58. The van der Waals surface area contributed by atoms with Gasteiger partial charge in [0.15, 0.2) is 0 Å². The molecule has 1 N–H and O–H groups in total. The third-order valence-corrected chi connectivity index (χ3v) is 3.38. The Morgan fingerprint density at radius 1 is 1.29 bits per heavy atom. The zero-order valence-electron chi connectivity index (χ0n) is 11.3. The molecule has 1 aliphatic carbocycles. The Hall–Kier alpha value is -0.830. The number of nitrogens with one attached hydrogen (secondary N) is 1. The molecular weight excluding hydrogens is 212 g/mol. The molecule has 0 bridgehead atoms. The highest BCUT2D eigenvalue weighted by Crippen LogP contribution is 2.32. The van der Waals surface area contributed by atoms with Crippen molar-refractivity contribution in [1.82, 2.24) is 10.5 Å². The largest absolute Gasteiger partial charge is 0.361 e. The Bertz CT molecular complexity index is 345. The summed E-state index contributed by atoms with van der Waals surface area (Å²) in [5.41, 5.74) is 1.16. The van der Waals surface area contributed by atoms with Gasteiger partial charge in [-0.25, -0.2) is 0 Å². The van der Waals surface area contributed by atoms with E-state index in [9.17, 15) is 0 Å². The second-order valence-corrected chi connectivity index (χ2v) is 6.16. The minimum atomic E-state index is 0.129. The van der Waals surface area contributed by atoms with Gasteiger partial charge in [-0.3, -0.25) is 0 Å². The van der Waals surface area contributed by atoms with Crippen LogP contribution >= 0.6 is 0 Å². The summed E-state index contributed by atoms with van der Waals surface area (Å²) < 4.78 is 5.48. The van der Waals surface area contributed by atoms with Gasteiger partial charge in [-0.05, 0) is 33.6 Å².